The second-order valence-electron chi connectivity index (χ2n) is 4.79. The number of methoxy groups -OCH3 is 1. The molecule has 0 aliphatic heterocycles. The molecule has 0 aliphatic carbocycles. The van der Waals surface area contributed by atoms with Crippen molar-refractivity contribution in [2.45, 2.75) is 32.6 Å². The average Bonchev–Trinajstić information content (AvgIpc) is 2.16. The molecule has 0 bridgehead atoms. The Bertz CT molecular complexity index is 326. The maximum absolute atomic E-state index is 5.59. The minimum Gasteiger partial charge on any atom is -0.496 e. The van der Waals surface area contributed by atoms with Crippen LogP contribution in [0.25, 0.3) is 0 Å². The van der Waals surface area contributed by atoms with Crippen LogP contribution in [-0.4, -0.2) is 13.7 Å². The molecular weight excluding hydrogens is 186 g/mol. The van der Waals surface area contributed by atoms with E-state index >= 15 is 0 Å². The van der Waals surface area contributed by atoms with E-state index in [-0.39, 0.29) is 5.41 Å². The van der Waals surface area contributed by atoms with Gasteiger partial charge in [0.25, 0.3) is 0 Å². The van der Waals surface area contributed by atoms with Gasteiger partial charge < -0.3 is 10.5 Å². The molecule has 15 heavy (non-hydrogen) atoms. The van der Waals surface area contributed by atoms with E-state index in [0.717, 1.165) is 12.2 Å². The lowest BCUT2D eigenvalue weighted by atomic mass is 9.85. The van der Waals surface area contributed by atoms with Crippen LogP contribution in [0, 0.1) is 0 Å². The quantitative estimate of drug-likeness (QED) is 0.826. The molecule has 0 unspecified atom stereocenters. The highest BCUT2D eigenvalue weighted by Gasteiger charge is 2.20. The van der Waals surface area contributed by atoms with Crippen molar-refractivity contribution in [1.29, 1.82) is 0 Å². The lowest BCUT2D eigenvalue weighted by molar-refractivity contribution is 0.392. The largest absolute Gasteiger partial charge is 0.496 e. The van der Waals surface area contributed by atoms with Gasteiger partial charge in [-0.15, -0.1) is 0 Å². The summed E-state index contributed by atoms with van der Waals surface area (Å²) in [6.07, 6.45) is 0.868. The van der Waals surface area contributed by atoms with Crippen LogP contribution in [0.1, 0.15) is 31.9 Å². The van der Waals surface area contributed by atoms with Crippen molar-refractivity contribution in [2.75, 3.05) is 13.7 Å². The summed E-state index contributed by atoms with van der Waals surface area (Å²) in [6, 6.07) is 6.29. The first-order chi connectivity index (χ1) is 7.00. The first kappa shape index (κ1) is 12.1. The van der Waals surface area contributed by atoms with Crippen molar-refractivity contribution in [3.63, 3.8) is 0 Å². The van der Waals surface area contributed by atoms with Gasteiger partial charge in [-0.05, 0) is 29.5 Å². The zero-order chi connectivity index (χ0) is 11.5. The summed E-state index contributed by atoms with van der Waals surface area (Å²) in [6.45, 7) is 7.23. The fourth-order valence-corrected chi connectivity index (χ4v) is 1.77. The number of para-hydroxylation sites is 1. The Kier molecular flexibility index (Phi) is 3.75. The molecular formula is C13H21NO. The van der Waals surface area contributed by atoms with Crippen molar-refractivity contribution >= 4 is 0 Å². The fourth-order valence-electron chi connectivity index (χ4n) is 1.77. The third-order valence-corrected chi connectivity index (χ3v) is 2.52. The third-order valence-electron chi connectivity index (χ3n) is 2.52. The third kappa shape index (κ3) is 2.72. The summed E-state index contributed by atoms with van der Waals surface area (Å²) in [5.74, 6) is 0.996. The molecule has 0 amide bonds. The predicted octanol–water partition coefficient (Wildman–Crippen LogP) is 2.49. The molecule has 0 saturated carbocycles. The number of rotatable bonds is 3. The maximum Gasteiger partial charge on any atom is 0.125 e. The molecule has 1 aromatic carbocycles. The van der Waals surface area contributed by atoms with Crippen molar-refractivity contribution in [1.82, 2.24) is 0 Å². The van der Waals surface area contributed by atoms with Crippen LogP contribution in [0.15, 0.2) is 18.2 Å². The van der Waals surface area contributed by atoms with Crippen LogP contribution in [0.4, 0.5) is 0 Å². The Morgan fingerprint density at radius 3 is 2.40 bits per heavy atom. The van der Waals surface area contributed by atoms with E-state index in [9.17, 15) is 0 Å². The van der Waals surface area contributed by atoms with E-state index < -0.39 is 0 Å². The average molecular weight is 207 g/mol. The van der Waals surface area contributed by atoms with E-state index in [1.165, 1.54) is 11.1 Å². The van der Waals surface area contributed by atoms with Gasteiger partial charge in [-0.1, -0.05) is 39.0 Å². The van der Waals surface area contributed by atoms with Crippen LogP contribution in [0.2, 0.25) is 0 Å². The van der Waals surface area contributed by atoms with E-state index in [0.29, 0.717) is 6.54 Å². The normalized spacial score (nSPS) is 11.5. The number of benzene rings is 1. The van der Waals surface area contributed by atoms with Crippen LogP contribution in [0.5, 0.6) is 5.75 Å². The lowest BCUT2D eigenvalue weighted by Crippen LogP contribution is -2.14. The number of hydrogen-bond acceptors (Lipinski definition) is 2. The minimum absolute atomic E-state index is 0.107. The molecule has 84 valence electrons. The fraction of sp³-hybridized carbons (Fsp3) is 0.538. The summed E-state index contributed by atoms with van der Waals surface area (Å²) >= 11 is 0. The van der Waals surface area contributed by atoms with Crippen molar-refractivity contribution in [3.05, 3.63) is 29.3 Å². The molecule has 0 aliphatic rings. The van der Waals surface area contributed by atoms with E-state index in [1.807, 2.05) is 0 Å². The van der Waals surface area contributed by atoms with Crippen LogP contribution >= 0.6 is 0 Å². The van der Waals surface area contributed by atoms with Gasteiger partial charge in [0.05, 0.1) is 7.11 Å². The highest BCUT2D eigenvalue weighted by molar-refractivity contribution is 5.45. The molecule has 0 aromatic heterocycles. The molecule has 0 saturated heterocycles. The van der Waals surface area contributed by atoms with Gasteiger partial charge in [0.1, 0.15) is 5.75 Å². The van der Waals surface area contributed by atoms with Gasteiger partial charge in [0.2, 0.25) is 0 Å². The van der Waals surface area contributed by atoms with Gasteiger partial charge in [-0.3, -0.25) is 0 Å². The molecule has 0 radical (unpaired) electrons. The van der Waals surface area contributed by atoms with E-state index in [4.69, 9.17) is 10.5 Å². The minimum atomic E-state index is 0.107. The highest BCUT2D eigenvalue weighted by atomic mass is 16.5. The molecule has 1 aromatic rings. The van der Waals surface area contributed by atoms with Crippen molar-refractivity contribution < 1.29 is 4.74 Å². The predicted molar refractivity (Wildman–Crippen MR) is 64.5 cm³/mol. The van der Waals surface area contributed by atoms with E-state index in [2.05, 4.69) is 39.0 Å². The summed E-state index contributed by atoms with van der Waals surface area (Å²) in [4.78, 5) is 0. The lowest BCUT2D eigenvalue weighted by Gasteiger charge is -2.23. The molecule has 0 atom stereocenters. The second kappa shape index (κ2) is 4.67. The smallest absolute Gasteiger partial charge is 0.125 e. The first-order valence-electron chi connectivity index (χ1n) is 5.37. The molecule has 0 heterocycles. The summed E-state index contributed by atoms with van der Waals surface area (Å²) < 4.78 is 5.50. The Morgan fingerprint density at radius 2 is 1.93 bits per heavy atom. The SMILES string of the molecule is COc1c(CCN)cccc1C(C)(C)C. The van der Waals surface area contributed by atoms with Crippen molar-refractivity contribution in [2.24, 2.45) is 5.73 Å². The van der Waals surface area contributed by atoms with Gasteiger partial charge in [0, 0.05) is 0 Å². The highest BCUT2D eigenvalue weighted by Crippen LogP contribution is 2.33. The standard InChI is InChI=1S/C13H21NO/c1-13(2,3)11-7-5-6-10(8-9-14)12(11)15-4/h5-7H,8-9,14H2,1-4H3. The number of ether oxygens (including phenoxy) is 1. The van der Waals surface area contributed by atoms with Crippen LogP contribution in [0.3, 0.4) is 0 Å². The maximum atomic E-state index is 5.59. The Hall–Kier alpha value is -1.02. The molecule has 2 nitrogen and oxygen atoms in total. The topological polar surface area (TPSA) is 35.2 Å². The molecule has 0 spiro atoms. The number of hydrogen-bond donors (Lipinski definition) is 1. The van der Waals surface area contributed by atoms with Gasteiger partial charge in [-0.2, -0.15) is 0 Å². The molecule has 1 rings (SSSR count). The monoisotopic (exact) mass is 207 g/mol. The van der Waals surface area contributed by atoms with Crippen LogP contribution in [-0.2, 0) is 11.8 Å². The van der Waals surface area contributed by atoms with Crippen LogP contribution < -0.4 is 10.5 Å². The zero-order valence-corrected chi connectivity index (χ0v) is 10.1. The first-order valence-corrected chi connectivity index (χ1v) is 5.37. The van der Waals surface area contributed by atoms with E-state index in [1.54, 1.807) is 7.11 Å². The Morgan fingerprint density at radius 1 is 1.27 bits per heavy atom. The molecule has 2 N–H and O–H groups in total. The van der Waals surface area contributed by atoms with Crippen molar-refractivity contribution in [3.8, 4) is 5.75 Å². The zero-order valence-electron chi connectivity index (χ0n) is 10.1. The molecule has 0 fully saturated rings. The second-order valence-corrected chi connectivity index (χ2v) is 4.79. The number of nitrogens with two attached hydrogens (primary N) is 1. The summed E-state index contributed by atoms with van der Waals surface area (Å²) in [5, 5.41) is 0. The summed E-state index contributed by atoms with van der Waals surface area (Å²) in [7, 11) is 1.73. The van der Waals surface area contributed by atoms with Gasteiger partial charge in [-0.25, -0.2) is 0 Å². The van der Waals surface area contributed by atoms with Gasteiger partial charge in [0.15, 0.2) is 0 Å². The van der Waals surface area contributed by atoms with Gasteiger partial charge >= 0.3 is 0 Å². The Balaban J connectivity index is 3.22. The molecule has 2 heteroatoms. The summed E-state index contributed by atoms with van der Waals surface area (Å²) in [5.41, 5.74) is 8.14. The Labute approximate surface area is 92.4 Å².